The van der Waals surface area contributed by atoms with Gasteiger partial charge in [-0.05, 0) is 19.3 Å². The van der Waals surface area contributed by atoms with Crippen molar-refractivity contribution in [3.63, 3.8) is 0 Å². The fourth-order valence-corrected chi connectivity index (χ4v) is 1.54. The molecule has 0 aliphatic carbocycles. The number of hydrogen-bond donors (Lipinski definition) is 1. The van der Waals surface area contributed by atoms with Gasteiger partial charge < -0.3 is 15.0 Å². The summed E-state index contributed by atoms with van der Waals surface area (Å²) in [5.74, 6) is 0. The summed E-state index contributed by atoms with van der Waals surface area (Å²) in [7, 11) is 1.81. The Morgan fingerprint density at radius 2 is 2.43 bits per heavy atom. The molecule has 1 aliphatic rings. The molecule has 1 saturated heterocycles. The number of ether oxygens (including phenoxy) is 1. The predicted molar refractivity (Wildman–Crippen MR) is 55.3 cm³/mol. The van der Waals surface area contributed by atoms with Crippen molar-refractivity contribution in [2.24, 2.45) is 0 Å². The van der Waals surface area contributed by atoms with Gasteiger partial charge in [-0.15, -0.1) is 0 Å². The number of carbonyl (C=O) groups is 1. The summed E-state index contributed by atoms with van der Waals surface area (Å²) >= 11 is 0. The van der Waals surface area contributed by atoms with Gasteiger partial charge in [-0.3, -0.25) is 0 Å². The number of hydrogen-bond acceptors (Lipinski definition) is 2. The van der Waals surface area contributed by atoms with E-state index in [1.807, 2.05) is 14.0 Å². The van der Waals surface area contributed by atoms with Crippen LogP contribution in [0.1, 0.15) is 26.2 Å². The van der Waals surface area contributed by atoms with Crippen molar-refractivity contribution in [1.82, 2.24) is 10.2 Å². The monoisotopic (exact) mass is 200 g/mol. The van der Waals surface area contributed by atoms with Crippen LogP contribution in [0.25, 0.3) is 0 Å². The lowest BCUT2D eigenvalue weighted by Crippen LogP contribution is -2.41. The Morgan fingerprint density at radius 1 is 1.64 bits per heavy atom. The van der Waals surface area contributed by atoms with E-state index in [0.29, 0.717) is 6.54 Å². The van der Waals surface area contributed by atoms with Crippen LogP contribution < -0.4 is 5.32 Å². The van der Waals surface area contributed by atoms with Crippen molar-refractivity contribution in [3.8, 4) is 0 Å². The molecule has 82 valence electrons. The standard InChI is InChI=1S/C10H20N2O2/c1-3-6-11-10(13)12(2)8-9-5-4-7-14-9/h9H,3-8H2,1-2H3,(H,11,13). The van der Waals surface area contributed by atoms with E-state index in [-0.39, 0.29) is 12.1 Å². The normalized spacial score (nSPS) is 20.9. The van der Waals surface area contributed by atoms with Gasteiger partial charge in [-0.1, -0.05) is 6.92 Å². The van der Waals surface area contributed by atoms with E-state index in [1.54, 1.807) is 4.90 Å². The first-order valence-electron chi connectivity index (χ1n) is 5.34. The third kappa shape index (κ3) is 3.54. The fourth-order valence-electron chi connectivity index (χ4n) is 1.54. The molecule has 0 radical (unpaired) electrons. The molecule has 4 nitrogen and oxygen atoms in total. The number of likely N-dealkylation sites (N-methyl/N-ethyl adjacent to an activating group) is 1. The zero-order chi connectivity index (χ0) is 10.4. The second kappa shape index (κ2) is 5.86. The van der Waals surface area contributed by atoms with Gasteiger partial charge in [0.2, 0.25) is 0 Å². The molecule has 1 aliphatic heterocycles. The van der Waals surface area contributed by atoms with Crippen LogP contribution in [0.5, 0.6) is 0 Å². The van der Waals surface area contributed by atoms with Crippen LogP contribution in [-0.2, 0) is 4.74 Å². The second-order valence-electron chi connectivity index (χ2n) is 3.75. The summed E-state index contributed by atoms with van der Waals surface area (Å²) in [6, 6.07) is 0.00218. The van der Waals surface area contributed by atoms with Gasteiger partial charge in [-0.2, -0.15) is 0 Å². The van der Waals surface area contributed by atoms with Gasteiger partial charge in [0.15, 0.2) is 0 Å². The zero-order valence-electron chi connectivity index (χ0n) is 9.08. The number of nitrogens with one attached hydrogen (secondary N) is 1. The molecule has 1 atom stereocenters. The highest BCUT2D eigenvalue weighted by molar-refractivity contribution is 5.73. The molecule has 0 aromatic carbocycles. The minimum absolute atomic E-state index is 0.00218. The van der Waals surface area contributed by atoms with Crippen LogP contribution in [0.2, 0.25) is 0 Å². The molecule has 0 spiro atoms. The number of urea groups is 1. The van der Waals surface area contributed by atoms with E-state index in [1.165, 1.54) is 0 Å². The van der Waals surface area contributed by atoms with E-state index in [0.717, 1.165) is 32.4 Å². The van der Waals surface area contributed by atoms with Crippen LogP contribution in [0.15, 0.2) is 0 Å². The minimum Gasteiger partial charge on any atom is -0.376 e. The third-order valence-electron chi connectivity index (χ3n) is 2.37. The topological polar surface area (TPSA) is 41.6 Å². The lowest BCUT2D eigenvalue weighted by Gasteiger charge is -2.20. The summed E-state index contributed by atoms with van der Waals surface area (Å²) in [4.78, 5) is 13.1. The van der Waals surface area contributed by atoms with Gasteiger partial charge in [-0.25, -0.2) is 4.79 Å². The maximum Gasteiger partial charge on any atom is 0.317 e. The largest absolute Gasteiger partial charge is 0.376 e. The van der Waals surface area contributed by atoms with Crippen molar-refractivity contribution in [3.05, 3.63) is 0 Å². The Morgan fingerprint density at radius 3 is 3.00 bits per heavy atom. The summed E-state index contributed by atoms with van der Waals surface area (Å²) < 4.78 is 5.46. The molecule has 4 heteroatoms. The zero-order valence-corrected chi connectivity index (χ0v) is 9.08. The Bertz CT molecular complexity index is 179. The highest BCUT2D eigenvalue weighted by Gasteiger charge is 2.19. The Hall–Kier alpha value is -0.770. The summed E-state index contributed by atoms with van der Waals surface area (Å²) in [5.41, 5.74) is 0. The Balaban J connectivity index is 2.18. The average molecular weight is 200 g/mol. The molecule has 1 fully saturated rings. The first-order valence-corrected chi connectivity index (χ1v) is 5.34. The van der Waals surface area contributed by atoms with Crippen molar-refractivity contribution in [2.75, 3.05) is 26.7 Å². The molecule has 0 aromatic rings. The van der Waals surface area contributed by atoms with Gasteiger partial charge >= 0.3 is 6.03 Å². The summed E-state index contributed by atoms with van der Waals surface area (Å²) in [6.07, 6.45) is 3.41. The number of nitrogens with zero attached hydrogens (tertiary/aromatic N) is 1. The maximum absolute atomic E-state index is 11.4. The van der Waals surface area contributed by atoms with E-state index >= 15 is 0 Å². The van der Waals surface area contributed by atoms with Crippen molar-refractivity contribution >= 4 is 6.03 Å². The maximum atomic E-state index is 11.4. The number of amides is 2. The molecule has 1 N–H and O–H groups in total. The highest BCUT2D eigenvalue weighted by Crippen LogP contribution is 2.12. The molecule has 1 heterocycles. The summed E-state index contributed by atoms with van der Waals surface area (Å²) in [6.45, 7) is 4.33. The quantitative estimate of drug-likeness (QED) is 0.741. The van der Waals surface area contributed by atoms with Gasteiger partial charge in [0, 0.05) is 26.7 Å². The molecular weight excluding hydrogens is 180 g/mol. The molecule has 2 amide bonds. The molecule has 1 unspecified atom stereocenters. The summed E-state index contributed by atoms with van der Waals surface area (Å²) in [5, 5.41) is 2.84. The van der Waals surface area contributed by atoms with Crippen LogP contribution >= 0.6 is 0 Å². The van der Waals surface area contributed by atoms with Gasteiger partial charge in [0.25, 0.3) is 0 Å². The van der Waals surface area contributed by atoms with Crippen molar-refractivity contribution < 1.29 is 9.53 Å². The smallest absolute Gasteiger partial charge is 0.317 e. The minimum atomic E-state index is 0.00218. The molecule has 0 bridgehead atoms. The number of carbonyl (C=O) groups excluding carboxylic acids is 1. The highest BCUT2D eigenvalue weighted by atomic mass is 16.5. The lowest BCUT2D eigenvalue weighted by atomic mass is 10.2. The predicted octanol–water partition coefficient (Wildman–Crippen LogP) is 1.22. The molecule has 0 aromatic heterocycles. The van der Waals surface area contributed by atoms with Gasteiger partial charge in [0.05, 0.1) is 6.10 Å². The number of rotatable bonds is 4. The molecule has 0 saturated carbocycles. The van der Waals surface area contributed by atoms with E-state index in [2.05, 4.69) is 5.32 Å². The Labute approximate surface area is 85.6 Å². The molecule has 14 heavy (non-hydrogen) atoms. The van der Waals surface area contributed by atoms with Crippen LogP contribution in [-0.4, -0.2) is 43.8 Å². The first-order chi connectivity index (χ1) is 6.74. The Kier molecular flexibility index (Phi) is 4.73. The van der Waals surface area contributed by atoms with E-state index in [9.17, 15) is 4.79 Å². The lowest BCUT2D eigenvalue weighted by molar-refractivity contribution is 0.0875. The van der Waals surface area contributed by atoms with E-state index < -0.39 is 0 Å². The van der Waals surface area contributed by atoms with Gasteiger partial charge in [0.1, 0.15) is 0 Å². The van der Waals surface area contributed by atoms with E-state index in [4.69, 9.17) is 4.74 Å². The fraction of sp³-hybridized carbons (Fsp3) is 0.900. The molecular formula is C10H20N2O2. The molecule has 1 rings (SSSR count). The third-order valence-corrected chi connectivity index (χ3v) is 2.37. The van der Waals surface area contributed by atoms with Crippen LogP contribution in [0, 0.1) is 0 Å². The van der Waals surface area contributed by atoms with Crippen LogP contribution in [0.4, 0.5) is 4.79 Å². The first kappa shape index (κ1) is 11.3. The van der Waals surface area contributed by atoms with Crippen molar-refractivity contribution in [2.45, 2.75) is 32.3 Å². The second-order valence-corrected chi connectivity index (χ2v) is 3.75. The van der Waals surface area contributed by atoms with Crippen LogP contribution in [0.3, 0.4) is 0 Å². The average Bonchev–Trinajstić information content (AvgIpc) is 2.66. The SMILES string of the molecule is CCCNC(=O)N(C)CC1CCCO1. The van der Waals surface area contributed by atoms with Crippen molar-refractivity contribution in [1.29, 1.82) is 0 Å².